The zero-order valence-corrected chi connectivity index (χ0v) is 18.1. The van der Waals surface area contributed by atoms with Crippen LogP contribution in [0.25, 0.3) is 0 Å². The van der Waals surface area contributed by atoms with Gasteiger partial charge in [0.05, 0.1) is 26.1 Å². The highest BCUT2D eigenvalue weighted by Crippen LogP contribution is 2.54. The van der Waals surface area contributed by atoms with Crippen molar-refractivity contribution in [3.05, 3.63) is 64.7 Å². The Balaban J connectivity index is 1.58. The summed E-state index contributed by atoms with van der Waals surface area (Å²) in [6.07, 6.45) is -1.61. The molecule has 0 saturated carbocycles. The Labute approximate surface area is 194 Å². The van der Waals surface area contributed by atoms with E-state index in [0.29, 0.717) is 16.7 Å². The summed E-state index contributed by atoms with van der Waals surface area (Å²) in [5.74, 6) is -1.36. The number of fused-ring (bicyclic) bond motifs is 2. The fourth-order valence-electron chi connectivity index (χ4n) is 4.71. The summed E-state index contributed by atoms with van der Waals surface area (Å²) in [5, 5.41) is 50.7. The molecule has 2 heterocycles. The van der Waals surface area contributed by atoms with Gasteiger partial charge in [-0.2, -0.15) is 0 Å². The highest BCUT2D eigenvalue weighted by atomic mass is 16.5. The molecule has 0 fully saturated rings. The van der Waals surface area contributed by atoms with Gasteiger partial charge in [-0.25, -0.2) is 0 Å². The molecule has 9 nitrogen and oxygen atoms in total. The van der Waals surface area contributed by atoms with Gasteiger partial charge in [0.15, 0.2) is 28.8 Å². The second-order valence-corrected chi connectivity index (χ2v) is 8.25. The van der Waals surface area contributed by atoms with E-state index >= 15 is 0 Å². The fourth-order valence-corrected chi connectivity index (χ4v) is 4.71. The maximum atomic E-state index is 12.8. The lowest BCUT2D eigenvalue weighted by atomic mass is 9.85. The minimum Gasteiger partial charge on any atom is -0.508 e. The molecule has 3 atom stereocenters. The number of phenolic OH excluding ortho intramolecular Hbond substituents is 4. The third kappa shape index (κ3) is 3.32. The van der Waals surface area contributed by atoms with Crippen molar-refractivity contribution in [2.24, 2.45) is 0 Å². The Morgan fingerprint density at radius 2 is 1.74 bits per heavy atom. The first-order valence-electron chi connectivity index (χ1n) is 10.6. The van der Waals surface area contributed by atoms with E-state index in [2.05, 4.69) is 0 Å². The largest absolute Gasteiger partial charge is 0.508 e. The number of benzene rings is 3. The maximum absolute atomic E-state index is 12.8. The topological polar surface area (TPSA) is 146 Å². The Morgan fingerprint density at radius 1 is 0.971 bits per heavy atom. The first-order chi connectivity index (χ1) is 16.3. The number of aliphatic hydroxyl groups is 1. The van der Waals surface area contributed by atoms with Crippen LogP contribution < -0.4 is 14.2 Å². The van der Waals surface area contributed by atoms with Crippen LogP contribution in [0.4, 0.5) is 0 Å². The van der Waals surface area contributed by atoms with Crippen molar-refractivity contribution in [1.82, 2.24) is 0 Å². The normalized spacial score (nSPS) is 20.8. The van der Waals surface area contributed by atoms with Gasteiger partial charge in [-0.05, 0) is 23.8 Å². The van der Waals surface area contributed by atoms with E-state index in [1.165, 1.54) is 25.3 Å². The summed E-state index contributed by atoms with van der Waals surface area (Å²) in [4.78, 5) is 12.8. The molecule has 0 aromatic heterocycles. The van der Waals surface area contributed by atoms with E-state index < -0.39 is 18.1 Å². The van der Waals surface area contributed by atoms with Crippen LogP contribution in [-0.2, 0) is 0 Å². The predicted molar refractivity (Wildman–Crippen MR) is 118 cm³/mol. The molecule has 9 heteroatoms. The number of carbonyl (C=O) groups is 1. The van der Waals surface area contributed by atoms with Gasteiger partial charge in [0.1, 0.15) is 35.0 Å². The molecule has 0 radical (unpaired) electrons. The van der Waals surface area contributed by atoms with Gasteiger partial charge < -0.3 is 39.7 Å². The number of phenols is 4. The van der Waals surface area contributed by atoms with Gasteiger partial charge in [-0.3, -0.25) is 4.79 Å². The van der Waals surface area contributed by atoms with Crippen molar-refractivity contribution in [3.8, 4) is 40.2 Å². The van der Waals surface area contributed by atoms with Crippen LogP contribution in [0.3, 0.4) is 0 Å². The first-order valence-corrected chi connectivity index (χ1v) is 10.6. The van der Waals surface area contributed by atoms with Crippen molar-refractivity contribution < 1.29 is 44.5 Å². The number of aromatic hydroxyl groups is 4. The number of Topliss-reactive ketones (excluding diaryl/α,β-unsaturated/α-hetero) is 1. The van der Waals surface area contributed by atoms with Crippen LogP contribution in [-0.4, -0.2) is 45.0 Å². The molecule has 2 aliphatic heterocycles. The van der Waals surface area contributed by atoms with E-state index in [1.54, 1.807) is 18.2 Å². The summed E-state index contributed by atoms with van der Waals surface area (Å²) >= 11 is 0. The molecule has 0 amide bonds. The monoisotopic (exact) mass is 466 g/mol. The van der Waals surface area contributed by atoms with Crippen LogP contribution in [0, 0.1) is 0 Å². The van der Waals surface area contributed by atoms with Crippen LogP contribution in [0.2, 0.25) is 0 Å². The van der Waals surface area contributed by atoms with Gasteiger partial charge in [0, 0.05) is 23.3 Å². The molecule has 0 spiro atoms. The van der Waals surface area contributed by atoms with Crippen molar-refractivity contribution in [2.75, 3.05) is 13.7 Å². The van der Waals surface area contributed by atoms with Crippen molar-refractivity contribution in [3.63, 3.8) is 0 Å². The highest BCUT2D eigenvalue weighted by molar-refractivity contribution is 6.02. The summed E-state index contributed by atoms with van der Waals surface area (Å²) in [6.45, 7) is -0.337. The number of methoxy groups -OCH3 is 1. The molecule has 5 rings (SSSR count). The molecule has 0 saturated heterocycles. The predicted octanol–water partition coefficient (Wildman–Crippen LogP) is 3.43. The van der Waals surface area contributed by atoms with Crippen LogP contribution in [0.1, 0.15) is 51.6 Å². The SMILES string of the molecule is COc1cc(C2Oc3c(O)ccc(C4CC(=O)c5c(O)cc(O)cc5O4)c3C2CO)ccc1O. The molecule has 5 N–H and O–H groups in total. The van der Waals surface area contributed by atoms with Gasteiger partial charge >= 0.3 is 0 Å². The minimum atomic E-state index is -0.804. The molecule has 3 aromatic carbocycles. The molecule has 3 aromatic rings. The molecule has 0 bridgehead atoms. The average Bonchev–Trinajstić information content (AvgIpc) is 3.19. The van der Waals surface area contributed by atoms with E-state index in [4.69, 9.17) is 14.2 Å². The Morgan fingerprint density at radius 3 is 2.47 bits per heavy atom. The quantitative estimate of drug-likeness (QED) is 0.390. The van der Waals surface area contributed by atoms with Gasteiger partial charge in [0.25, 0.3) is 0 Å². The molecule has 0 aliphatic carbocycles. The third-order valence-corrected chi connectivity index (χ3v) is 6.25. The molecule has 3 unspecified atom stereocenters. The van der Waals surface area contributed by atoms with E-state index in [0.717, 1.165) is 6.07 Å². The van der Waals surface area contributed by atoms with Gasteiger partial charge in [0.2, 0.25) is 0 Å². The van der Waals surface area contributed by atoms with Crippen molar-refractivity contribution in [1.29, 1.82) is 0 Å². The number of hydrogen-bond acceptors (Lipinski definition) is 9. The number of ketones is 1. The minimum absolute atomic E-state index is 0.00602. The molecule has 2 aliphatic rings. The summed E-state index contributed by atoms with van der Waals surface area (Å²) in [5.41, 5.74) is 1.62. The van der Waals surface area contributed by atoms with Crippen molar-refractivity contribution in [2.45, 2.75) is 24.5 Å². The first kappa shape index (κ1) is 21.7. The van der Waals surface area contributed by atoms with Crippen LogP contribution >= 0.6 is 0 Å². The highest BCUT2D eigenvalue weighted by Gasteiger charge is 2.42. The number of hydrogen-bond donors (Lipinski definition) is 5. The van der Waals surface area contributed by atoms with Crippen LogP contribution in [0.5, 0.6) is 40.2 Å². The number of ether oxygens (including phenoxy) is 3. The summed E-state index contributed by atoms with van der Waals surface area (Å²) < 4.78 is 17.2. The second-order valence-electron chi connectivity index (χ2n) is 8.25. The Kier molecular flexibility index (Phi) is 5.13. The van der Waals surface area contributed by atoms with E-state index in [-0.39, 0.29) is 64.6 Å². The Bertz CT molecular complexity index is 1300. The Hall–Kier alpha value is -4.11. The number of carbonyl (C=O) groups excluding carboxylic acids is 1. The molecular formula is C25H22O9. The zero-order chi connectivity index (χ0) is 24.1. The average molecular weight is 466 g/mol. The smallest absolute Gasteiger partial charge is 0.174 e. The maximum Gasteiger partial charge on any atom is 0.174 e. The molecule has 176 valence electrons. The number of rotatable bonds is 4. The summed E-state index contributed by atoms with van der Waals surface area (Å²) in [7, 11) is 1.42. The zero-order valence-electron chi connectivity index (χ0n) is 18.1. The lowest BCUT2D eigenvalue weighted by molar-refractivity contribution is 0.0843. The second kappa shape index (κ2) is 8.03. The third-order valence-electron chi connectivity index (χ3n) is 6.25. The van der Waals surface area contributed by atoms with Crippen LogP contribution in [0.15, 0.2) is 42.5 Å². The van der Waals surface area contributed by atoms with E-state index in [1.807, 2.05) is 0 Å². The summed E-state index contributed by atoms with van der Waals surface area (Å²) in [6, 6.07) is 10.0. The molecular weight excluding hydrogens is 444 g/mol. The lowest BCUT2D eigenvalue weighted by Crippen LogP contribution is -2.22. The number of aliphatic hydroxyl groups excluding tert-OH is 1. The fraction of sp³-hybridized carbons (Fsp3) is 0.240. The van der Waals surface area contributed by atoms with Gasteiger partial charge in [-0.15, -0.1) is 0 Å². The lowest BCUT2D eigenvalue weighted by Gasteiger charge is -2.28. The van der Waals surface area contributed by atoms with Gasteiger partial charge in [-0.1, -0.05) is 12.1 Å². The standard InChI is InChI=1S/C25H22O9/c1-32-20-6-11(2-4-15(20)28)24-14(10-26)22-13(3-5-16(29)25(22)34-24)19-9-18(31)23-17(30)7-12(27)8-21(23)33-19/h2-8,14,19,24,26-30H,9-10H2,1H3. The van der Waals surface area contributed by atoms with Crippen molar-refractivity contribution >= 4 is 5.78 Å². The molecule has 34 heavy (non-hydrogen) atoms. The van der Waals surface area contributed by atoms with E-state index in [9.17, 15) is 30.3 Å².